The van der Waals surface area contributed by atoms with Gasteiger partial charge in [0.15, 0.2) is 0 Å². The Labute approximate surface area is 131 Å². The normalized spacial score (nSPS) is 10.6. The zero-order valence-corrected chi connectivity index (χ0v) is 13.4. The molecule has 0 aliphatic heterocycles. The Morgan fingerprint density at radius 1 is 1.33 bits per heavy atom. The van der Waals surface area contributed by atoms with E-state index in [9.17, 15) is 9.90 Å². The molecule has 2 aromatic rings. The van der Waals surface area contributed by atoms with E-state index in [2.05, 4.69) is 33.3 Å². The van der Waals surface area contributed by atoms with E-state index in [1.165, 1.54) is 4.68 Å². The summed E-state index contributed by atoms with van der Waals surface area (Å²) in [6.07, 6.45) is 3.60. The molecule has 1 heterocycles. The van der Waals surface area contributed by atoms with E-state index < -0.39 is 0 Å². The maximum absolute atomic E-state index is 12.1. The van der Waals surface area contributed by atoms with Gasteiger partial charge in [0.1, 0.15) is 10.2 Å². The minimum absolute atomic E-state index is 0.126. The van der Waals surface area contributed by atoms with Gasteiger partial charge in [0, 0.05) is 13.1 Å². The molecule has 1 aromatic carbocycles. The van der Waals surface area contributed by atoms with Crippen molar-refractivity contribution in [2.75, 3.05) is 5.32 Å². The van der Waals surface area contributed by atoms with Gasteiger partial charge in [0.25, 0.3) is 5.56 Å². The smallest absolute Gasteiger partial charge is 0.283 e. The number of halogens is 1. The van der Waals surface area contributed by atoms with Crippen molar-refractivity contribution >= 4 is 21.6 Å². The number of hydrogen-bond acceptors (Lipinski definition) is 4. The molecule has 0 unspecified atom stereocenters. The zero-order valence-electron chi connectivity index (χ0n) is 11.8. The number of benzene rings is 1. The lowest BCUT2D eigenvalue weighted by molar-refractivity contribution is 0.475. The Morgan fingerprint density at radius 3 is 2.71 bits per heavy atom. The number of aryl methyl sites for hydroxylation is 1. The lowest BCUT2D eigenvalue weighted by atomic mass is 10.2. The maximum atomic E-state index is 12.1. The molecule has 21 heavy (non-hydrogen) atoms. The van der Waals surface area contributed by atoms with Gasteiger partial charge in [-0.25, -0.2) is 4.68 Å². The van der Waals surface area contributed by atoms with Crippen LogP contribution in [-0.2, 0) is 13.1 Å². The molecule has 0 amide bonds. The molecule has 0 aliphatic carbocycles. The predicted octanol–water partition coefficient (Wildman–Crippen LogP) is 3.12. The highest BCUT2D eigenvalue weighted by Crippen LogP contribution is 2.18. The topological polar surface area (TPSA) is 67.2 Å². The molecule has 0 spiro atoms. The second-order valence-corrected chi connectivity index (χ2v) is 5.57. The summed E-state index contributed by atoms with van der Waals surface area (Å²) in [5, 5.41) is 16.6. The number of nitrogens with zero attached hydrogens (tertiary/aromatic N) is 2. The fraction of sp³-hybridized carbons (Fsp3) is 0.333. The molecule has 0 fully saturated rings. The van der Waals surface area contributed by atoms with Gasteiger partial charge in [-0.1, -0.05) is 25.5 Å². The summed E-state index contributed by atoms with van der Waals surface area (Å²) in [5.74, 6) is 0.236. The zero-order chi connectivity index (χ0) is 15.2. The molecule has 2 N–H and O–H groups in total. The summed E-state index contributed by atoms with van der Waals surface area (Å²) in [6, 6.07) is 6.92. The highest BCUT2D eigenvalue weighted by atomic mass is 79.9. The molecule has 0 atom stereocenters. The quantitative estimate of drug-likeness (QED) is 0.838. The van der Waals surface area contributed by atoms with Crippen molar-refractivity contribution in [3.63, 3.8) is 0 Å². The minimum Gasteiger partial charge on any atom is -0.508 e. The Balaban J connectivity index is 2.08. The number of phenols is 1. The maximum Gasteiger partial charge on any atom is 0.283 e. The van der Waals surface area contributed by atoms with Gasteiger partial charge in [0.2, 0.25) is 0 Å². The summed E-state index contributed by atoms with van der Waals surface area (Å²) < 4.78 is 1.96. The van der Waals surface area contributed by atoms with Crippen LogP contribution in [0.5, 0.6) is 5.75 Å². The van der Waals surface area contributed by atoms with Crippen molar-refractivity contribution < 1.29 is 5.11 Å². The first kappa shape index (κ1) is 15.6. The van der Waals surface area contributed by atoms with Crippen molar-refractivity contribution in [2.45, 2.75) is 32.9 Å². The lowest BCUT2D eigenvalue weighted by Crippen LogP contribution is -2.24. The van der Waals surface area contributed by atoms with Crippen LogP contribution in [0.1, 0.15) is 25.3 Å². The molecule has 0 saturated carbocycles. The van der Waals surface area contributed by atoms with E-state index in [0.717, 1.165) is 18.4 Å². The average molecular weight is 352 g/mol. The number of phenolic OH excluding ortho intramolecular Hbond substituents is 1. The molecule has 0 saturated heterocycles. The summed E-state index contributed by atoms with van der Waals surface area (Å²) in [4.78, 5) is 12.1. The molecule has 0 bridgehead atoms. The van der Waals surface area contributed by atoms with Crippen molar-refractivity contribution in [3.8, 4) is 5.75 Å². The molecule has 6 heteroatoms. The van der Waals surface area contributed by atoms with Gasteiger partial charge < -0.3 is 10.4 Å². The Kier molecular flexibility index (Phi) is 5.38. The van der Waals surface area contributed by atoms with Crippen LogP contribution in [-0.4, -0.2) is 14.9 Å². The fourth-order valence-electron chi connectivity index (χ4n) is 1.87. The first-order valence-corrected chi connectivity index (χ1v) is 7.68. The van der Waals surface area contributed by atoms with Crippen molar-refractivity contribution in [3.05, 3.63) is 50.9 Å². The molecular formula is C15H18BrN3O2. The van der Waals surface area contributed by atoms with Crippen molar-refractivity contribution in [1.82, 2.24) is 9.78 Å². The Bertz CT molecular complexity index is 653. The monoisotopic (exact) mass is 351 g/mol. The van der Waals surface area contributed by atoms with Crippen LogP contribution in [0, 0.1) is 0 Å². The van der Waals surface area contributed by atoms with Gasteiger partial charge in [0.05, 0.1) is 11.9 Å². The number of aromatic hydroxyl groups is 1. The SMILES string of the molecule is CCCCn1ncc(NCc2ccc(O)cc2)c(Br)c1=O. The summed E-state index contributed by atoms with van der Waals surface area (Å²) in [6.45, 7) is 3.26. The average Bonchev–Trinajstić information content (AvgIpc) is 2.49. The van der Waals surface area contributed by atoms with Crippen LogP contribution >= 0.6 is 15.9 Å². The van der Waals surface area contributed by atoms with Crippen LogP contribution in [0.4, 0.5) is 5.69 Å². The second kappa shape index (κ2) is 7.26. The largest absolute Gasteiger partial charge is 0.508 e. The van der Waals surface area contributed by atoms with E-state index in [1.807, 2.05) is 12.1 Å². The van der Waals surface area contributed by atoms with Gasteiger partial charge in [-0.2, -0.15) is 5.10 Å². The van der Waals surface area contributed by atoms with Gasteiger partial charge in [-0.3, -0.25) is 4.79 Å². The van der Waals surface area contributed by atoms with Crippen LogP contribution in [0.3, 0.4) is 0 Å². The van der Waals surface area contributed by atoms with Gasteiger partial charge in [-0.15, -0.1) is 0 Å². The van der Waals surface area contributed by atoms with Crippen LogP contribution < -0.4 is 10.9 Å². The van der Waals surface area contributed by atoms with Crippen LogP contribution in [0.25, 0.3) is 0 Å². The number of aromatic nitrogens is 2. The highest BCUT2D eigenvalue weighted by molar-refractivity contribution is 9.10. The molecule has 112 valence electrons. The summed E-state index contributed by atoms with van der Waals surface area (Å²) >= 11 is 3.33. The highest BCUT2D eigenvalue weighted by Gasteiger charge is 2.08. The summed E-state index contributed by atoms with van der Waals surface area (Å²) in [5.41, 5.74) is 1.55. The van der Waals surface area contributed by atoms with Gasteiger partial charge >= 0.3 is 0 Å². The number of nitrogens with one attached hydrogen (secondary N) is 1. The number of rotatable bonds is 6. The Hall–Kier alpha value is -1.82. The number of hydrogen-bond donors (Lipinski definition) is 2. The first-order chi connectivity index (χ1) is 10.1. The molecular weight excluding hydrogens is 334 g/mol. The van der Waals surface area contributed by atoms with E-state index >= 15 is 0 Å². The van der Waals surface area contributed by atoms with E-state index in [-0.39, 0.29) is 11.3 Å². The van der Waals surface area contributed by atoms with E-state index in [4.69, 9.17) is 0 Å². The fourth-order valence-corrected chi connectivity index (χ4v) is 2.31. The molecule has 2 rings (SSSR count). The second-order valence-electron chi connectivity index (χ2n) is 4.77. The third kappa shape index (κ3) is 4.07. The van der Waals surface area contributed by atoms with E-state index in [0.29, 0.717) is 23.2 Å². The van der Waals surface area contributed by atoms with Crippen molar-refractivity contribution in [1.29, 1.82) is 0 Å². The van der Waals surface area contributed by atoms with Gasteiger partial charge in [-0.05, 0) is 40.0 Å². The molecule has 0 radical (unpaired) electrons. The minimum atomic E-state index is -0.126. The number of unbranched alkanes of at least 4 members (excludes halogenated alkanes) is 1. The molecule has 5 nitrogen and oxygen atoms in total. The van der Waals surface area contributed by atoms with Crippen LogP contribution in [0.2, 0.25) is 0 Å². The first-order valence-electron chi connectivity index (χ1n) is 6.89. The third-order valence-corrected chi connectivity index (χ3v) is 3.89. The number of anilines is 1. The van der Waals surface area contributed by atoms with E-state index in [1.54, 1.807) is 18.3 Å². The standard InChI is InChI=1S/C15H18BrN3O2/c1-2-3-8-19-15(21)14(16)13(10-18-19)17-9-11-4-6-12(20)7-5-11/h4-7,10,17,20H,2-3,8-9H2,1H3. The lowest BCUT2D eigenvalue weighted by Gasteiger charge is -2.10. The summed E-state index contributed by atoms with van der Waals surface area (Å²) in [7, 11) is 0. The Morgan fingerprint density at radius 2 is 2.05 bits per heavy atom. The van der Waals surface area contributed by atoms with Crippen molar-refractivity contribution in [2.24, 2.45) is 0 Å². The third-order valence-electron chi connectivity index (χ3n) is 3.13. The molecule has 1 aromatic heterocycles. The predicted molar refractivity (Wildman–Crippen MR) is 86.5 cm³/mol. The van der Waals surface area contributed by atoms with Crippen LogP contribution in [0.15, 0.2) is 39.7 Å². The molecule has 0 aliphatic rings.